The second kappa shape index (κ2) is 7.98. The number of rotatable bonds is 5. The molecule has 0 atom stereocenters. The van der Waals surface area contributed by atoms with Crippen LogP contribution in [-0.4, -0.2) is 42.5 Å². The minimum absolute atomic E-state index is 0.150. The number of halogens is 1. The molecule has 0 spiro atoms. The first-order valence-corrected chi connectivity index (χ1v) is 10.3. The summed E-state index contributed by atoms with van der Waals surface area (Å²) in [7, 11) is 0. The zero-order valence-corrected chi connectivity index (χ0v) is 17.5. The largest absolute Gasteiger partial charge is 0.382 e. The summed E-state index contributed by atoms with van der Waals surface area (Å²) in [6.07, 6.45) is 2.73. The van der Waals surface area contributed by atoms with E-state index in [1.54, 1.807) is 13.1 Å². The van der Waals surface area contributed by atoms with Gasteiger partial charge in [-0.05, 0) is 24.1 Å². The van der Waals surface area contributed by atoms with E-state index in [1.807, 2.05) is 4.57 Å². The summed E-state index contributed by atoms with van der Waals surface area (Å²) in [5, 5.41) is 8.93. The minimum Gasteiger partial charge on any atom is -0.382 e. The Labute approximate surface area is 184 Å². The second-order valence-electron chi connectivity index (χ2n) is 8.08. The first-order valence-electron chi connectivity index (χ1n) is 10.3. The van der Waals surface area contributed by atoms with Crippen molar-refractivity contribution in [3.8, 4) is 17.5 Å². The van der Waals surface area contributed by atoms with E-state index in [0.717, 1.165) is 31.4 Å². The highest BCUT2D eigenvalue weighted by atomic mass is 19.1. The second-order valence-corrected chi connectivity index (χ2v) is 8.08. The summed E-state index contributed by atoms with van der Waals surface area (Å²) < 4.78 is 15.8. The summed E-state index contributed by atoms with van der Waals surface area (Å²) in [4.78, 5) is 19.6. The van der Waals surface area contributed by atoms with Crippen molar-refractivity contribution in [1.29, 1.82) is 5.26 Å². The number of pyridine rings is 1. The van der Waals surface area contributed by atoms with Crippen molar-refractivity contribution in [1.82, 2.24) is 29.4 Å². The molecule has 0 saturated carbocycles. The lowest BCUT2D eigenvalue weighted by molar-refractivity contribution is 0.127. The van der Waals surface area contributed by atoms with Crippen LogP contribution >= 0.6 is 0 Å². The Morgan fingerprint density at radius 3 is 2.50 bits per heavy atom. The fourth-order valence-corrected chi connectivity index (χ4v) is 4.01. The Morgan fingerprint density at radius 2 is 1.81 bits per heavy atom. The highest BCUT2D eigenvalue weighted by molar-refractivity contribution is 5.85. The Morgan fingerprint density at radius 1 is 1.09 bits per heavy atom. The normalized spacial score (nSPS) is 14.4. The molecule has 0 bridgehead atoms. The Bertz CT molecular complexity index is 1330. The maximum absolute atomic E-state index is 13.9. The van der Waals surface area contributed by atoms with E-state index in [2.05, 4.69) is 55.2 Å². The molecule has 3 aromatic heterocycles. The van der Waals surface area contributed by atoms with Crippen LogP contribution in [-0.2, 0) is 13.1 Å². The number of nitrogens with two attached hydrogens (primary N) is 1. The predicted molar refractivity (Wildman–Crippen MR) is 118 cm³/mol. The summed E-state index contributed by atoms with van der Waals surface area (Å²) in [6.45, 7) is 4.74. The molecule has 1 aliphatic rings. The Hall–Kier alpha value is -3.90. The van der Waals surface area contributed by atoms with Gasteiger partial charge in [-0.1, -0.05) is 24.3 Å². The number of anilines is 1. The zero-order valence-electron chi connectivity index (χ0n) is 17.5. The monoisotopic (exact) mass is 428 g/mol. The third-order valence-corrected chi connectivity index (χ3v) is 5.61. The van der Waals surface area contributed by atoms with Gasteiger partial charge in [-0.15, -0.1) is 0 Å². The number of likely N-dealkylation sites (tertiary alicyclic amines) is 1. The summed E-state index contributed by atoms with van der Waals surface area (Å²) in [5.41, 5.74) is 9.97. The van der Waals surface area contributed by atoms with Crippen LogP contribution in [0.1, 0.15) is 17.0 Å². The van der Waals surface area contributed by atoms with Gasteiger partial charge >= 0.3 is 0 Å². The third kappa shape index (κ3) is 3.76. The Balaban J connectivity index is 1.48. The number of benzene rings is 1. The maximum atomic E-state index is 13.9. The lowest BCUT2D eigenvalue weighted by atomic mass is 10.0. The van der Waals surface area contributed by atoms with Crippen molar-refractivity contribution < 1.29 is 4.39 Å². The van der Waals surface area contributed by atoms with Crippen molar-refractivity contribution in [2.24, 2.45) is 5.92 Å². The van der Waals surface area contributed by atoms with Gasteiger partial charge in [0.15, 0.2) is 17.0 Å². The van der Waals surface area contributed by atoms with Gasteiger partial charge in [0, 0.05) is 31.4 Å². The van der Waals surface area contributed by atoms with Gasteiger partial charge in [-0.2, -0.15) is 5.26 Å². The number of hydrogen-bond acceptors (Lipinski definition) is 7. The molecule has 0 aliphatic carbocycles. The molecule has 9 heteroatoms. The molecule has 32 heavy (non-hydrogen) atoms. The maximum Gasteiger partial charge on any atom is 0.166 e. The molecule has 1 saturated heterocycles. The summed E-state index contributed by atoms with van der Waals surface area (Å²) >= 11 is 0. The number of nitrogens with zero attached hydrogens (tertiary/aromatic N) is 7. The number of aromatic nitrogens is 5. The smallest absolute Gasteiger partial charge is 0.166 e. The molecule has 4 aromatic rings. The van der Waals surface area contributed by atoms with E-state index in [-0.39, 0.29) is 11.7 Å². The Kier molecular flexibility index (Phi) is 4.99. The van der Waals surface area contributed by atoms with Gasteiger partial charge in [0.2, 0.25) is 0 Å². The van der Waals surface area contributed by atoms with Crippen LogP contribution < -0.4 is 5.73 Å². The fraction of sp³-hybridized carbons (Fsp3) is 0.261. The van der Waals surface area contributed by atoms with Gasteiger partial charge in [-0.3, -0.25) is 9.88 Å². The standard InChI is InChI=1S/C23H21FN8/c1-14-28-21(26)20-23(29-14)32(22(30-20)18-6-19(24)9-27-8-18)13-16-4-2-15(3-5-16)10-31-11-17(7-25)12-31/h2-6,8-9,17H,10-13H2,1H3,(H2,26,28,29). The number of hydrogen-bond donors (Lipinski definition) is 1. The molecule has 4 heterocycles. The highest BCUT2D eigenvalue weighted by Crippen LogP contribution is 2.27. The van der Waals surface area contributed by atoms with Gasteiger partial charge in [-0.25, -0.2) is 19.3 Å². The van der Waals surface area contributed by atoms with Gasteiger partial charge in [0.05, 0.1) is 24.7 Å². The van der Waals surface area contributed by atoms with Crippen LogP contribution in [0.5, 0.6) is 0 Å². The molecular formula is C23H21FN8. The highest BCUT2D eigenvalue weighted by Gasteiger charge is 2.26. The molecule has 2 N–H and O–H groups in total. The van der Waals surface area contributed by atoms with E-state index in [0.29, 0.717) is 34.9 Å². The van der Waals surface area contributed by atoms with Crippen LogP contribution in [0.25, 0.3) is 22.6 Å². The SMILES string of the molecule is Cc1nc(N)c2nc(-c3cncc(F)c3)n(Cc3ccc(CN4CC(C#N)C4)cc3)c2n1. The van der Waals surface area contributed by atoms with Crippen molar-refractivity contribution in [2.45, 2.75) is 20.0 Å². The summed E-state index contributed by atoms with van der Waals surface area (Å²) in [6, 6.07) is 12.0. The lowest BCUT2D eigenvalue weighted by Gasteiger charge is -2.35. The molecule has 160 valence electrons. The molecule has 1 aliphatic heterocycles. The molecule has 0 amide bonds. The van der Waals surface area contributed by atoms with E-state index in [1.165, 1.54) is 11.6 Å². The van der Waals surface area contributed by atoms with Crippen LogP contribution in [0.2, 0.25) is 0 Å². The average Bonchev–Trinajstić information content (AvgIpc) is 3.10. The minimum atomic E-state index is -0.440. The van der Waals surface area contributed by atoms with Crippen molar-refractivity contribution in [2.75, 3.05) is 18.8 Å². The fourth-order valence-electron chi connectivity index (χ4n) is 4.01. The molecule has 1 fully saturated rings. The lowest BCUT2D eigenvalue weighted by Crippen LogP contribution is -2.45. The van der Waals surface area contributed by atoms with Crippen LogP contribution in [0.4, 0.5) is 10.2 Å². The van der Waals surface area contributed by atoms with Crippen LogP contribution in [0.3, 0.4) is 0 Å². The summed E-state index contributed by atoms with van der Waals surface area (Å²) in [5.74, 6) is 1.08. The van der Waals surface area contributed by atoms with Crippen LogP contribution in [0, 0.1) is 30.0 Å². The van der Waals surface area contributed by atoms with E-state index in [4.69, 9.17) is 11.0 Å². The quantitative estimate of drug-likeness (QED) is 0.520. The molecular weight excluding hydrogens is 407 g/mol. The molecule has 0 radical (unpaired) electrons. The molecule has 5 rings (SSSR count). The predicted octanol–water partition coefficient (Wildman–Crippen LogP) is 2.92. The first kappa shape index (κ1) is 20.0. The number of imidazole rings is 1. The average molecular weight is 428 g/mol. The zero-order chi connectivity index (χ0) is 22.2. The number of fused-ring (bicyclic) bond motifs is 1. The third-order valence-electron chi connectivity index (χ3n) is 5.61. The van der Waals surface area contributed by atoms with Gasteiger partial charge in [0.25, 0.3) is 0 Å². The molecule has 8 nitrogen and oxygen atoms in total. The van der Waals surface area contributed by atoms with Crippen molar-refractivity contribution >= 4 is 17.0 Å². The topological polar surface area (TPSA) is 110 Å². The molecule has 1 aromatic carbocycles. The number of nitriles is 1. The first-order chi connectivity index (χ1) is 15.5. The van der Waals surface area contributed by atoms with Gasteiger partial charge in [0.1, 0.15) is 17.5 Å². The number of aryl methyl sites for hydroxylation is 1. The van der Waals surface area contributed by atoms with E-state index < -0.39 is 5.82 Å². The van der Waals surface area contributed by atoms with E-state index >= 15 is 0 Å². The van der Waals surface area contributed by atoms with Crippen molar-refractivity contribution in [3.05, 3.63) is 65.5 Å². The number of nitrogen functional groups attached to an aromatic ring is 1. The van der Waals surface area contributed by atoms with E-state index in [9.17, 15) is 4.39 Å². The van der Waals surface area contributed by atoms with Gasteiger partial charge < -0.3 is 10.3 Å². The van der Waals surface area contributed by atoms with Crippen LogP contribution in [0.15, 0.2) is 42.7 Å². The molecule has 0 unspecified atom stereocenters. The van der Waals surface area contributed by atoms with Crippen molar-refractivity contribution in [3.63, 3.8) is 0 Å².